The van der Waals surface area contributed by atoms with Gasteiger partial charge in [0.05, 0.1) is 18.7 Å². The second-order valence-electron chi connectivity index (χ2n) is 5.80. The summed E-state index contributed by atoms with van der Waals surface area (Å²) >= 11 is 0. The molecule has 0 aromatic heterocycles. The van der Waals surface area contributed by atoms with Gasteiger partial charge in [-0.15, -0.1) is 12.4 Å². The molecule has 1 atom stereocenters. The molecule has 1 aromatic carbocycles. The Morgan fingerprint density at radius 3 is 2.59 bits per heavy atom. The predicted molar refractivity (Wildman–Crippen MR) is 86.8 cm³/mol. The fourth-order valence-corrected chi connectivity index (χ4v) is 2.87. The monoisotopic (exact) mass is 330 g/mol. The first-order valence-electron chi connectivity index (χ1n) is 7.39. The number of carbonyl (C=O) groups excluding carboxylic acids is 1. The number of hydrogen-bond acceptors (Lipinski definition) is 3. The zero-order chi connectivity index (χ0) is 15.5. The molecule has 1 unspecified atom stereocenters. The summed E-state index contributed by atoms with van der Waals surface area (Å²) in [6, 6.07) is 3.92. The number of nitrogens with one attached hydrogen (secondary N) is 1. The smallest absolute Gasteiger partial charge is 0.240 e. The van der Waals surface area contributed by atoms with Crippen molar-refractivity contribution in [3.05, 3.63) is 29.6 Å². The molecule has 1 aliphatic rings. The van der Waals surface area contributed by atoms with Crippen LogP contribution in [0.4, 0.5) is 4.39 Å². The van der Waals surface area contributed by atoms with Crippen LogP contribution in [0.2, 0.25) is 0 Å². The molecule has 124 valence electrons. The predicted octanol–water partition coefficient (Wildman–Crippen LogP) is 3.09. The minimum absolute atomic E-state index is 0. The number of amides is 1. The van der Waals surface area contributed by atoms with E-state index < -0.39 is 5.54 Å². The van der Waals surface area contributed by atoms with E-state index in [0.29, 0.717) is 24.2 Å². The van der Waals surface area contributed by atoms with E-state index in [1.807, 2.05) is 0 Å². The van der Waals surface area contributed by atoms with Crippen LogP contribution in [-0.4, -0.2) is 18.6 Å². The Hall–Kier alpha value is -1.33. The molecule has 1 saturated carbocycles. The normalized spacial score (nSPS) is 18.0. The molecule has 0 saturated heterocycles. The molecule has 1 aromatic rings. The van der Waals surface area contributed by atoms with E-state index in [2.05, 4.69) is 5.32 Å². The summed E-state index contributed by atoms with van der Waals surface area (Å²) in [6.07, 6.45) is 4.47. The lowest BCUT2D eigenvalue weighted by atomic mass is 9.81. The first-order chi connectivity index (χ1) is 9.96. The summed E-state index contributed by atoms with van der Waals surface area (Å²) in [6.45, 7) is 1.81. The molecule has 0 spiro atoms. The zero-order valence-corrected chi connectivity index (χ0v) is 13.8. The summed E-state index contributed by atoms with van der Waals surface area (Å²) in [4.78, 5) is 12.4. The Labute approximate surface area is 137 Å². The van der Waals surface area contributed by atoms with Crippen molar-refractivity contribution in [1.29, 1.82) is 0 Å². The molecule has 0 aliphatic heterocycles. The SMILES string of the molecule is COc1ccc(F)cc1C(C)NC(=O)C1(N)CCCCC1.Cl. The third-order valence-electron chi connectivity index (χ3n) is 4.20. The number of nitrogens with two attached hydrogens (primary N) is 1. The Bertz CT molecular complexity index is 519. The van der Waals surface area contributed by atoms with Gasteiger partial charge in [-0.1, -0.05) is 19.3 Å². The van der Waals surface area contributed by atoms with Gasteiger partial charge in [-0.2, -0.15) is 0 Å². The highest BCUT2D eigenvalue weighted by Crippen LogP contribution is 2.29. The fourth-order valence-electron chi connectivity index (χ4n) is 2.87. The largest absolute Gasteiger partial charge is 0.496 e. The van der Waals surface area contributed by atoms with Crippen LogP contribution in [-0.2, 0) is 4.79 Å². The number of benzene rings is 1. The molecule has 1 aliphatic carbocycles. The van der Waals surface area contributed by atoms with Crippen LogP contribution in [0, 0.1) is 5.82 Å². The van der Waals surface area contributed by atoms with Gasteiger partial charge in [0, 0.05) is 5.56 Å². The molecular weight excluding hydrogens is 307 g/mol. The van der Waals surface area contributed by atoms with Crippen LogP contribution >= 0.6 is 12.4 Å². The standard InChI is InChI=1S/C16H23FN2O2.ClH/c1-11(13-10-12(17)6-7-14(13)21-2)19-15(20)16(18)8-4-3-5-9-16;/h6-7,10-11H,3-5,8-9,18H2,1-2H3,(H,19,20);1H. The van der Waals surface area contributed by atoms with Crippen molar-refractivity contribution in [3.8, 4) is 5.75 Å². The number of halogens is 2. The van der Waals surface area contributed by atoms with Crippen molar-refractivity contribution in [3.63, 3.8) is 0 Å². The Morgan fingerprint density at radius 2 is 2.00 bits per heavy atom. The fraction of sp³-hybridized carbons (Fsp3) is 0.562. The number of ether oxygens (including phenoxy) is 1. The van der Waals surface area contributed by atoms with Gasteiger partial charge in [0.15, 0.2) is 0 Å². The molecule has 6 heteroatoms. The van der Waals surface area contributed by atoms with Crippen molar-refractivity contribution < 1.29 is 13.9 Å². The minimum atomic E-state index is -0.799. The maximum atomic E-state index is 13.4. The first-order valence-corrected chi connectivity index (χ1v) is 7.39. The zero-order valence-electron chi connectivity index (χ0n) is 13.0. The van der Waals surface area contributed by atoms with Crippen LogP contribution in [0.5, 0.6) is 5.75 Å². The van der Waals surface area contributed by atoms with Gasteiger partial charge in [-0.3, -0.25) is 4.79 Å². The van der Waals surface area contributed by atoms with Crippen molar-refractivity contribution in [1.82, 2.24) is 5.32 Å². The maximum Gasteiger partial charge on any atom is 0.240 e. The number of methoxy groups -OCH3 is 1. The molecular formula is C16H24ClFN2O2. The quantitative estimate of drug-likeness (QED) is 0.891. The van der Waals surface area contributed by atoms with Crippen molar-refractivity contribution in [2.75, 3.05) is 7.11 Å². The highest BCUT2D eigenvalue weighted by Gasteiger charge is 2.36. The lowest BCUT2D eigenvalue weighted by molar-refractivity contribution is -0.128. The molecule has 4 nitrogen and oxygen atoms in total. The lowest BCUT2D eigenvalue weighted by Gasteiger charge is -2.33. The summed E-state index contributed by atoms with van der Waals surface area (Å²) in [7, 11) is 1.52. The Balaban J connectivity index is 0.00000242. The van der Waals surface area contributed by atoms with E-state index in [1.54, 1.807) is 13.0 Å². The van der Waals surface area contributed by atoms with E-state index in [4.69, 9.17) is 10.5 Å². The van der Waals surface area contributed by atoms with Gasteiger partial charge in [0.2, 0.25) is 5.91 Å². The van der Waals surface area contributed by atoms with E-state index in [-0.39, 0.29) is 30.2 Å². The van der Waals surface area contributed by atoms with Gasteiger partial charge in [-0.25, -0.2) is 4.39 Å². The number of hydrogen-bond donors (Lipinski definition) is 2. The molecule has 0 heterocycles. The Morgan fingerprint density at radius 1 is 1.36 bits per heavy atom. The van der Waals surface area contributed by atoms with Gasteiger partial charge in [0.25, 0.3) is 0 Å². The summed E-state index contributed by atoms with van der Waals surface area (Å²) in [5.41, 5.74) is 6.03. The highest BCUT2D eigenvalue weighted by molar-refractivity contribution is 5.86. The average Bonchev–Trinajstić information content (AvgIpc) is 2.47. The molecule has 1 amide bonds. The molecule has 22 heavy (non-hydrogen) atoms. The number of rotatable bonds is 4. The van der Waals surface area contributed by atoms with E-state index in [9.17, 15) is 9.18 Å². The summed E-state index contributed by atoms with van der Waals surface area (Å²) < 4.78 is 18.6. The van der Waals surface area contributed by atoms with Crippen molar-refractivity contribution in [2.45, 2.75) is 50.6 Å². The third-order valence-corrected chi connectivity index (χ3v) is 4.20. The van der Waals surface area contributed by atoms with Crippen LogP contribution < -0.4 is 15.8 Å². The molecule has 2 rings (SSSR count). The summed E-state index contributed by atoms with van der Waals surface area (Å²) in [5.74, 6) is 0.0342. The van der Waals surface area contributed by atoms with Crippen LogP contribution in [0.25, 0.3) is 0 Å². The van der Waals surface area contributed by atoms with Crippen molar-refractivity contribution in [2.24, 2.45) is 5.73 Å². The van der Waals surface area contributed by atoms with E-state index in [1.165, 1.54) is 19.2 Å². The van der Waals surface area contributed by atoms with Gasteiger partial charge >= 0.3 is 0 Å². The summed E-state index contributed by atoms with van der Waals surface area (Å²) in [5, 5.41) is 2.90. The van der Waals surface area contributed by atoms with Gasteiger partial charge in [0.1, 0.15) is 11.6 Å². The maximum absolute atomic E-state index is 13.4. The molecule has 1 fully saturated rings. The second kappa shape index (κ2) is 7.79. The van der Waals surface area contributed by atoms with E-state index >= 15 is 0 Å². The molecule has 0 bridgehead atoms. The van der Waals surface area contributed by atoms with Crippen molar-refractivity contribution >= 4 is 18.3 Å². The third kappa shape index (κ3) is 4.11. The topological polar surface area (TPSA) is 64.3 Å². The number of carbonyl (C=O) groups is 1. The van der Waals surface area contributed by atoms with Gasteiger partial charge < -0.3 is 15.8 Å². The first kappa shape index (κ1) is 18.7. The minimum Gasteiger partial charge on any atom is -0.496 e. The van der Waals surface area contributed by atoms with Crippen LogP contribution in [0.15, 0.2) is 18.2 Å². The van der Waals surface area contributed by atoms with Crippen LogP contribution in [0.3, 0.4) is 0 Å². The van der Waals surface area contributed by atoms with E-state index in [0.717, 1.165) is 19.3 Å². The van der Waals surface area contributed by atoms with Gasteiger partial charge in [-0.05, 0) is 38.0 Å². The average molecular weight is 331 g/mol. The Kier molecular flexibility index (Phi) is 6.63. The molecule has 0 radical (unpaired) electrons. The van der Waals surface area contributed by atoms with Crippen LogP contribution in [0.1, 0.15) is 50.6 Å². The second-order valence-corrected chi connectivity index (χ2v) is 5.80. The molecule has 3 N–H and O–H groups in total. The highest BCUT2D eigenvalue weighted by atomic mass is 35.5. The lowest BCUT2D eigenvalue weighted by Crippen LogP contribution is -2.55.